The minimum Gasteiger partial charge on any atom is -0.497 e. The highest BCUT2D eigenvalue weighted by atomic mass is 19.1. The summed E-state index contributed by atoms with van der Waals surface area (Å²) in [7, 11) is 1.56. The Morgan fingerprint density at radius 3 is 2.70 bits per heavy atom. The number of hydrogen-bond acceptors (Lipinski definition) is 6. The lowest BCUT2D eigenvalue weighted by Gasteiger charge is -2.26. The average molecular weight is 408 g/mol. The van der Waals surface area contributed by atoms with Crippen molar-refractivity contribution in [2.24, 2.45) is 0 Å². The number of carbonyl (C=O) groups is 1. The van der Waals surface area contributed by atoms with Crippen LogP contribution in [0, 0.1) is 15.9 Å². The summed E-state index contributed by atoms with van der Waals surface area (Å²) in [5.74, 6) is -0.246. The standard InChI is InChI=1S/C21H17FN4O4/c1-30-15-7-4-13(5-8-15)12-25-20(19-16(21(25)27)3-2-10-23-19)24-18-11-14(26(28)29)6-9-17(18)22/h2-11,20,24H,12H2,1H3. The predicted octanol–water partition coefficient (Wildman–Crippen LogP) is 3.90. The number of non-ortho nitro benzene ring substituents is 1. The summed E-state index contributed by atoms with van der Waals surface area (Å²) in [5, 5.41) is 14.0. The van der Waals surface area contributed by atoms with Crippen LogP contribution < -0.4 is 10.1 Å². The fraction of sp³-hybridized carbons (Fsp3) is 0.143. The van der Waals surface area contributed by atoms with E-state index in [1.807, 2.05) is 12.1 Å². The van der Waals surface area contributed by atoms with E-state index in [-0.39, 0.29) is 23.8 Å². The lowest BCUT2D eigenvalue weighted by molar-refractivity contribution is -0.384. The first-order chi connectivity index (χ1) is 14.5. The molecule has 1 aliphatic rings. The van der Waals surface area contributed by atoms with Gasteiger partial charge in [-0.15, -0.1) is 0 Å². The third-order valence-electron chi connectivity index (χ3n) is 4.87. The molecular weight excluding hydrogens is 391 g/mol. The number of fused-ring (bicyclic) bond motifs is 1. The number of anilines is 1. The van der Waals surface area contributed by atoms with E-state index >= 15 is 0 Å². The Balaban J connectivity index is 1.69. The second kappa shape index (κ2) is 7.78. The number of nitro benzene ring substituents is 1. The van der Waals surface area contributed by atoms with Gasteiger partial charge in [-0.1, -0.05) is 12.1 Å². The van der Waals surface area contributed by atoms with Gasteiger partial charge in [0.05, 0.1) is 29.0 Å². The summed E-state index contributed by atoms with van der Waals surface area (Å²) < 4.78 is 19.5. The maximum atomic E-state index is 14.4. The van der Waals surface area contributed by atoms with Gasteiger partial charge < -0.3 is 15.0 Å². The fourth-order valence-corrected chi connectivity index (χ4v) is 3.36. The smallest absolute Gasteiger partial charge is 0.271 e. The number of nitro groups is 1. The lowest BCUT2D eigenvalue weighted by Crippen LogP contribution is -2.32. The quantitative estimate of drug-likeness (QED) is 0.491. The number of carbonyl (C=O) groups excluding carboxylic acids is 1. The van der Waals surface area contributed by atoms with Crippen LogP contribution in [0.25, 0.3) is 0 Å². The van der Waals surface area contributed by atoms with Gasteiger partial charge in [-0.05, 0) is 35.9 Å². The van der Waals surface area contributed by atoms with Gasteiger partial charge in [-0.2, -0.15) is 0 Å². The summed E-state index contributed by atoms with van der Waals surface area (Å²) >= 11 is 0. The molecule has 0 spiro atoms. The number of pyridine rings is 1. The molecule has 0 radical (unpaired) electrons. The number of methoxy groups -OCH3 is 1. The Morgan fingerprint density at radius 2 is 2.00 bits per heavy atom. The van der Waals surface area contributed by atoms with Gasteiger partial charge in [0.25, 0.3) is 11.6 Å². The SMILES string of the molecule is COc1ccc(CN2C(=O)c3cccnc3C2Nc2cc([N+](=O)[O-])ccc2F)cc1. The summed E-state index contributed by atoms with van der Waals surface area (Å²) in [6.07, 6.45) is 0.758. The number of nitrogens with one attached hydrogen (secondary N) is 1. The second-order valence-electron chi connectivity index (χ2n) is 6.69. The molecule has 0 saturated carbocycles. The molecule has 4 rings (SSSR count). The van der Waals surface area contributed by atoms with Gasteiger partial charge in [-0.25, -0.2) is 4.39 Å². The summed E-state index contributed by atoms with van der Waals surface area (Å²) in [6, 6.07) is 13.7. The van der Waals surface area contributed by atoms with Crippen LogP contribution in [0.15, 0.2) is 60.8 Å². The minimum absolute atomic E-state index is 0.0831. The molecule has 3 aromatic rings. The van der Waals surface area contributed by atoms with E-state index < -0.39 is 16.9 Å². The van der Waals surface area contributed by atoms with E-state index in [2.05, 4.69) is 10.3 Å². The van der Waals surface area contributed by atoms with Gasteiger partial charge in [0.15, 0.2) is 0 Å². The molecule has 1 unspecified atom stereocenters. The second-order valence-corrected chi connectivity index (χ2v) is 6.69. The first-order valence-electron chi connectivity index (χ1n) is 9.07. The molecule has 1 amide bonds. The van der Waals surface area contributed by atoms with Gasteiger partial charge in [0.1, 0.15) is 17.7 Å². The molecule has 1 aliphatic heterocycles. The highest BCUT2D eigenvalue weighted by Crippen LogP contribution is 2.35. The van der Waals surface area contributed by atoms with Gasteiger partial charge >= 0.3 is 0 Å². The molecule has 0 aliphatic carbocycles. The van der Waals surface area contributed by atoms with Crippen molar-refractivity contribution in [1.29, 1.82) is 0 Å². The maximum Gasteiger partial charge on any atom is 0.271 e. The van der Waals surface area contributed by atoms with Crippen LogP contribution in [0.2, 0.25) is 0 Å². The Morgan fingerprint density at radius 1 is 1.23 bits per heavy atom. The summed E-state index contributed by atoms with van der Waals surface area (Å²) in [4.78, 5) is 29.3. The zero-order chi connectivity index (χ0) is 21.3. The molecular formula is C21H17FN4O4. The fourth-order valence-electron chi connectivity index (χ4n) is 3.36. The molecule has 2 heterocycles. The van der Waals surface area contributed by atoms with Gasteiger partial charge in [0.2, 0.25) is 0 Å². The number of amides is 1. The zero-order valence-electron chi connectivity index (χ0n) is 15.9. The van der Waals surface area contributed by atoms with E-state index in [9.17, 15) is 19.3 Å². The monoisotopic (exact) mass is 408 g/mol. The van der Waals surface area contributed by atoms with Crippen LogP contribution in [0.1, 0.15) is 27.8 Å². The Bertz CT molecular complexity index is 1120. The van der Waals surface area contributed by atoms with Crippen molar-refractivity contribution in [2.45, 2.75) is 12.7 Å². The van der Waals surface area contributed by atoms with Crippen molar-refractivity contribution in [2.75, 3.05) is 12.4 Å². The zero-order valence-corrected chi connectivity index (χ0v) is 15.9. The van der Waals surface area contributed by atoms with Crippen molar-refractivity contribution in [1.82, 2.24) is 9.88 Å². The summed E-state index contributed by atoms with van der Waals surface area (Å²) in [6.45, 7) is 0.230. The molecule has 1 aromatic heterocycles. The third kappa shape index (κ3) is 3.52. The van der Waals surface area contributed by atoms with Crippen LogP contribution in [0.5, 0.6) is 5.75 Å². The van der Waals surface area contributed by atoms with Crippen molar-refractivity contribution in [3.8, 4) is 5.75 Å². The number of benzene rings is 2. The number of halogens is 1. The van der Waals surface area contributed by atoms with Crippen LogP contribution in [0.3, 0.4) is 0 Å². The van der Waals surface area contributed by atoms with Crippen molar-refractivity contribution < 1.29 is 18.8 Å². The molecule has 0 bridgehead atoms. The number of rotatable bonds is 6. The van der Waals surface area contributed by atoms with E-state index in [1.165, 1.54) is 4.90 Å². The largest absolute Gasteiger partial charge is 0.497 e. The lowest BCUT2D eigenvalue weighted by atomic mass is 10.2. The van der Waals surface area contributed by atoms with Crippen molar-refractivity contribution >= 4 is 17.3 Å². The first kappa shape index (κ1) is 19.3. The highest BCUT2D eigenvalue weighted by molar-refractivity contribution is 5.98. The number of aromatic nitrogens is 1. The minimum atomic E-state index is -0.785. The van der Waals surface area contributed by atoms with Crippen molar-refractivity contribution in [3.63, 3.8) is 0 Å². The molecule has 9 heteroatoms. The molecule has 152 valence electrons. The molecule has 1 atom stereocenters. The Hall–Kier alpha value is -4.01. The van der Waals surface area contributed by atoms with Gasteiger partial charge in [0, 0.05) is 24.9 Å². The normalized spacial score (nSPS) is 15.1. The number of hydrogen-bond donors (Lipinski definition) is 1. The van der Waals surface area contributed by atoms with E-state index in [0.29, 0.717) is 17.0 Å². The van der Waals surface area contributed by atoms with Crippen molar-refractivity contribution in [3.05, 3.63) is 93.5 Å². The maximum absolute atomic E-state index is 14.4. The molecule has 8 nitrogen and oxygen atoms in total. The molecule has 0 saturated heterocycles. The van der Waals surface area contributed by atoms with E-state index in [1.54, 1.807) is 37.6 Å². The molecule has 1 N–H and O–H groups in total. The third-order valence-corrected chi connectivity index (χ3v) is 4.87. The predicted molar refractivity (Wildman–Crippen MR) is 107 cm³/mol. The van der Waals surface area contributed by atoms with E-state index in [0.717, 1.165) is 23.8 Å². The summed E-state index contributed by atoms with van der Waals surface area (Å²) in [5.41, 5.74) is 1.32. The van der Waals surface area contributed by atoms with Crippen LogP contribution >= 0.6 is 0 Å². The molecule has 0 fully saturated rings. The van der Waals surface area contributed by atoms with E-state index in [4.69, 9.17) is 4.74 Å². The number of ether oxygens (including phenoxy) is 1. The highest BCUT2D eigenvalue weighted by Gasteiger charge is 2.38. The molecule has 2 aromatic carbocycles. The van der Waals surface area contributed by atoms with Crippen LogP contribution in [0.4, 0.5) is 15.8 Å². The van der Waals surface area contributed by atoms with Gasteiger partial charge in [-0.3, -0.25) is 19.9 Å². The number of nitrogens with zero attached hydrogens (tertiary/aromatic N) is 3. The Kier molecular flexibility index (Phi) is 5.01. The average Bonchev–Trinajstić information content (AvgIpc) is 3.01. The topological polar surface area (TPSA) is 97.6 Å². The van der Waals surface area contributed by atoms with Crippen LogP contribution in [-0.4, -0.2) is 27.8 Å². The Labute approximate surface area is 171 Å². The van der Waals surface area contributed by atoms with Crippen LogP contribution in [-0.2, 0) is 6.54 Å². The first-order valence-corrected chi connectivity index (χ1v) is 9.07. The molecule has 30 heavy (non-hydrogen) atoms.